The van der Waals surface area contributed by atoms with E-state index in [0.29, 0.717) is 46.2 Å². The number of aryl methyl sites for hydroxylation is 3. The normalized spacial score (nSPS) is 14.9. The Kier molecular flexibility index (Phi) is 6.74. The van der Waals surface area contributed by atoms with Gasteiger partial charge in [0.05, 0.1) is 30.7 Å². The molecule has 1 unspecified atom stereocenters. The van der Waals surface area contributed by atoms with Crippen LogP contribution in [-0.4, -0.2) is 19.6 Å². The van der Waals surface area contributed by atoms with E-state index in [2.05, 4.69) is 20.8 Å². The zero-order valence-corrected chi connectivity index (χ0v) is 22.8. The summed E-state index contributed by atoms with van der Waals surface area (Å²) in [5.41, 5.74) is 5.13. The molecule has 2 heterocycles. The van der Waals surface area contributed by atoms with Crippen LogP contribution in [0.5, 0.6) is 11.5 Å². The number of rotatable bonds is 7. The summed E-state index contributed by atoms with van der Waals surface area (Å²) >= 11 is 0. The van der Waals surface area contributed by atoms with Crippen LogP contribution >= 0.6 is 0 Å². The summed E-state index contributed by atoms with van der Waals surface area (Å²) in [5.74, 6) is 1.25. The molecule has 5 rings (SSSR count). The van der Waals surface area contributed by atoms with Crippen molar-refractivity contribution in [3.8, 4) is 11.5 Å². The van der Waals surface area contributed by atoms with E-state index < -0.39 is 6.04 Å². The molecule has 1 amide bonds. The molecule has 0 spiro atoms. The van der Waals surface area contributed by atoms with Gasteiger partial charge in [-0.1, -0.05) is 39.0 Å². The fraction of sp³-hybridized carbons (Fsp3) is 0.312. The van der Waals surface area contributed by atoms with E-state index in [1.54, 1.807) is 12.0 Å². The summed E-state index contributed by atoms with van der Waals surface area (Å²) in [6, 6.07) is 16.4. The van der Waals surface area contributed by atoms with Gasteiger partial charge in [-0.2, -0.15) is 0 Å². The molecule has 38 heavy (non-hydrogen) atoms. The first-order valence-corrected chi connectivity index (χ1v) is 13.0. The molecule has 6 heteroatoms. The van der Waals surface area contributed by atoms with Crippen molar-refractivity contribution in [2.75, 3.05) is 18.6 Å². The fourth-order valence-electron chi connectivity index (χ4n) is 4.93. The van der Waals surface area contributed by atoms with Gasteiger partial charge in [-0.15, -0.1) is 0 Å². The highest BCUT2D eigenvalue weighted by Crippen LogP contribution is 2.43. The minimum Gasteiger partial charge on any atom is -0.493 e. The number of amides is 1. The van der Waals surface area contributed by atoms with Crippen LogP contribution in [0.2, 0.25) is 0 Å². The van der Waals surface area contributed by atoms with E-state index in [0.717, 1.165) is 28.7 Å². The Morgan fingerprint density at radius 1 is 0.947 bits per heavy atom. The number of nitrogens with zero attached hydrogens (tertiary/aromatic N) is 1. The Bertz CT molecular complexity index is 1580. The zero-order valence-electron chi connectivity index (χ0n) is 22.8. The van der Waals surface area contributed by atoms with Gasteiger partial charge in [0.1, 0.15) is 5.58 Å². The van der Waals surface area contributed by atoms with Gasteiger partial charge in [0.2, 0.25) is 5.76 Å². The second kappa shape index (κ2) is 10.0. The maximum atomic E-state index is 14.0. The van der Waals surface area contributed by atoms with Crippen molar-refractivity contribution in [2.45, 2.75) is 47.1 Å². The number of ether oxygens (including phenoxy) is 2. The topological polar surface area (TPSA) is 69.0 Å². The molecule has 6 nitrogen and oxygen atoms in total. The van der Waals surface area contributed by atoms with E-state index in [1.165, 1.54) is 0 Å². The average Bonchev–Trinajstić information content (AvgIpc) is 3.20. The molecular formula is C32H33NO5. The first-order chi connectivity index (χ1) is 18.2. The Balaban J connectivity index is 1.73. The molecule has 1 aliphatic heterocycles. The number of benzene rings is 3. The van der Waals surface area contributed by atoms with Crippen LogP contribution in [-0.2, 0) is 6.42 Å². The summed E-state index contributed by atoms with van der Waals surface area (Å²) in [5, 5.41) is 0.469. The number of methoxy groups -OCH3 is 1. The third-order valence-electron chi connectivity index (χ3n) is 7.18. The smallest absolute Gasteiger partial charge is 0.295 e. The molecular weight excluding hydrogens is 478 g/mol. The van der Waals surface area contributed by atoms with Gasteiger partial charge in [-0.25, -0.2) is 0 Å². The summed E-state index contributed by atoms with van der Waals surface area (Å²) < 4.78 is 17.8. The van der Waals surface area contributed by atoms with E-state index in [1.807, 2.05) is 68.4 Å². The first-order valence-electron chi connectivity index (χ1n) is 13.0. The molecule has 0 radical (unpaired) electrons. The molecule has 0 saturated heterocycles. The van der Waals surface area contributed by atoms with Crippen LogP contribution in [0.1, 0.15) is 65.2 Å². The van der Waals surface area contributed by atoms with Crippen LogP contribution < -0.4 is 19.8 Å². The van der Waals surface area contributed by atoms with Crippen molar-refractivity contribution < 1.29 is 18.7 Å². The van der Waals surface area contributed by atoms with Crippen molar-refractivity contribution in [1.29, 1.82) is 0 Å². The van der Waals surface area contributed by atoms with Gasteiger partial charge in [-0.3, -0.25) is 14.5 Å². The first kappa shape index (κ1) is 25.6. The summed E-state index contributed by atoms with van der Waals surface area (Å²) in [6.07, 6.45) is 0.886. The molecule has 0 aliphatic carbocycles. The summed E-state index contributed by atoms with van der Waals surface area (Å²) in [6.45, 7) is 10.7. The van der Waals surface area contributed by atoms with Gasteiger partial charge in [0, 0.05) is 5.69 Å². The molecule has 196 valence electrons. The highest BCUT2D eigenvalue weighted by atomic mass is 16.5. The van der Waals surface area contributed by atoms with Crippen LogP contribution in [0.3, 0.4) is 0 Å². The average molecular weight is 512 g/mol. The van der Waals surface area contributed by atoms with E-state index >= 15 is 0 Å². The summed E-state index contributed by atoms with van der Waals surface area (Å²) in [7, 11) is 1.59. The second-order valence-corrected chi connectivity index (χ2v) is 10.3. The van der Waals surface area contributed by atoms with Crippen molar-refractivity contribution >= 4 is 22.6 Å². The van der Waals surface area contributed by atoms with E-state index in [4.69, 9.17) is 13.9 Å². The number of carbonyl (C=O) groups excluding carboxylic acids is 1. The van der Waals surface area contributed by atoms with Crippen LogP contribution in [0, 0.1) is 19.8 Å². The minimum atomic E-state index is -0.680. The van der Waals surface area contributed by atoms with Crippen molar-refractivity contribution in [2.24, 2.45) is 5.92 Å². The second-order valence-electron chi connectivity index (χ2n) is 10.3. The SMILES string of the molecule is CCc1ccc(N2C(=O)c3oc4cc(C)c(C)cc4c(=O)c3C2c2ccc(OCC(C)C)c(OC)c2)cc1. The number of hydrogen-bond acceptors (Lipinski definition) is 5. The lowest BCUT2D eigenvalue weighted by Crippen LogP contribution is -2.29. The highest BCUT2D eigenvalue weighted by Gasteiger charge is 2.44. The number of anilines is 1. The predicted molar refractivity (Wildman–Crippen MR) is 150 cm³/mol. The monoisotopic (exact) mass is 511 g/mol. The third kappa shape index (κ3) is 4.34. The molecule has 0 saturated carbocycles. The molecule has 4 aromatic rings. The highest BCUT2D eigenvalue weighted by molar-refractivity contribution is 6.10. The Morgan fingerprint density at radius 2 is 1.66 bits per heavy atom. The van der Waals surface area contributed by atoms with Gasteiger partial charge >= 0.3 is 0 Å². The lowest BCUT2D eigenvalue weighted by Gasteiger charge is -2.26. The quantitative estimate of drug-likeness (QED) is 0.274. The maximum absolute atomic E-state index is 14.0. The lowest BCUT2D eigenvalue weighted by atomic mass is 9.96. The van der Waals surface area contributed by atoms with Crippen LogP contribution in [0.4, 0.5) is 5.69 Å². The van der Waals surface area contributed by atoms with Gasteiger partial charge in [0.15, 0.2) is 16.9 Å². The van der Waals surface area contributed by atoms with Gasteiger partial charge in [-0.05, 0) is 84.8 Å². The molecule has 0 bridgehead atoms. The molecule has 0 fully saturated rings. The predicted octanol–water partition coefficient (Wildman–Crippen LogP) is 6.77. The Labute approximate surface area is 222 Å². The van der Waals surface area contributed by atoms with Crippen LogP contribution in [0.25, 0.3) is 11.0 Å². The number of hydrogen-bond donors (Lipinski definition) is 0. The largest absolute Gasteiger partial charge is 0.493 e. The van der Waals surface area contributed by atoms with Crippen molar-refractivity contribution in [3.63, 3.8) is 0 Å². The van der Waals surface area contributed by atoms with E-state index in [-0.39, 0.29) is 17.1 Å². The number of fused-ring (bicyclic) bond motifs is 2. The lowest BCUT2D eigenvalue weighted by molar-refractivity contribution is 0.0971. The van der Waals surface area contributed by atoms with E-state index in [9.17, 15) is 9.59 Å². The van der Waals surface area contributed by atoms with Gasteiger partial charge in [0.25, 0.3) is 5.91 Å². The number of carbonyl (C=O) groups is 1. The Morgan fingerprint density at radius 3 is 2.32 bits per heavy atom. The minimum absolute atomic E-state index is 0.0782. The van der Waals surface area contributed by atoms with Crippen LogP contribution in [0.15, 0.2) is 63.8 Å². The zero-order chi connectivity index (χ0) is 27.1. The molecule has 0 N–H and O–H groups in total. The van der Waals surface area contributed by atoms with Crippen molar-refractivity contribution in [3.05, 3.63) is 98.4 Å². The fourth-order valence-corrected chi connectivity index (χ4v) is 4.93. The summed E-state index contributed by atoms with van der Waals surface area (Å²) in [4.78, 5) is 29.6. The molecule has 1 aromatic heterocycles. The standard InChI is InChI=1S/C32H33NO5/c1-7-21-8-11-23(12-9-21)33-29(22-10-13-25(27(16-22)36-6)37-17-18(2)3)28-30(34)24-14-19(4)20(5)15-26(24)38-31(28)32(33)35/h8-16,18,29H,7,17H2,1-6H3. The third-order valence-corrected chi connectivity index (χ3v) is 7.18. The Hall–Kier alpha value is -4.06. The van der Waals surface area contributed by atoms with Crippen molar-refractivity contribution in [1.82, 2.24) is 0 Å². The molecule has 1 aliphatic rings. The maximum Gasteiger partial charge on any atom is 0.295 e. The molecule has 3 aromatic carbocycles. The molecule has 1 atom stereocenters. The van der Waals surface area contributed by atoms with Gasteiger partial charge < -0.3 is 13.9 Å².